The van der Waals surface area contributed by atoms with Gasteiger partial charge in [-0.1, -0.05) is 42.0 Å². The summed E-state index contributed by atoms with van der Waals surface area (Å²) in [5.41, 5.74) is 3.82. The lowest BCUT2D eigenvalue weighted by atomic mass is 9.94. The zero-order valence-corrected chi connectivity index (χ0v) is 12.9. The standard InChI is InChI=1S/C19H19FO2/c1-12-3-5-14(6-4-12)7-8-15-9-10-16-11-13(2)22-19(21)17(16)18(15)20/h3-6,9-10,13H,7-8,11H2,1-2H3. The first-order chi connectivity index (χ1) is 10.5. The third-order valence-corrected chi connectivity index (χ3v) is 4.13. The number of aryl methyl sites for hydroxylation is 3. The molecule has 1 heterocycles. The van der Waals surface area contributed by atoms with E-state index in [0.717, 1.165) is 12.0 Å². The molecule has 2 aromatic carbocycles. The Labute approximate surface area is 129 Å². The number of carbonyl (C=O) groups is 1. The third-order valence-electron chi connectivity index (χ3n) is 4.13. The van der Waals surface area contributed by atoms with Crippen LogP contribution < -0.4 is 0 Å². The number of halogens is 1. The van der Waals surface area contributed by atoms with Gasteiger partial charge >= 0.3 is 5.97 Å². The molecule has 0 radical (unpaired) electrons. The first-order valence-electron chi connectivity index (χ1n) is 7.61. The summed E-state index contributed by atoms with van der Waals surface area (Å²) in [6, 6.07) is 11.9. The van der Waals surface area contributed by atoms with Gasteiger partial charge < -0.3 is 4.74 Å². The Morgan fingerprint density at radius 2 is 1.86 bits per heavy atom. The molecule has 3 rings (SSSR count). The van der Waals surface area contributed by atoms with E-state index in [9.17, 15) is 9.18 Å². The van der Waals surface area contributed by atoms with Crippen LogP contribution in [-0.4, -0.2) is 12.1 Å². The highest BCUT2D eigenvalue weighted by atomic mass is 19.1. The minimum Gasteiger partial charge on any atom is -0.459 e. The number of esters is 1. The Kier molecular flexibility index (Phi) is 3.97. The van der Waals surface area contributed by atoms with Gasteiger partial charge in [0.05, 0.1) is 5.56 Å². The lowest BCUT2D eigenvalue weighted by molar-refractivity contribution is 0.0294. The van der Waals surface area contributed by atoms with Crippen LogP contribution in [0.5, 0.6) is 0 Å². The van der Waals surface area contributed by atoms with Crippen LogP contribution in [0.4, 0.5) is 4.39 Å². The van der Waals surface area contributed by atoms with Crippen LogP contribution in [-0.2, 0) is 24.0 Å². The molecule has 0 saturated heterocycles. The van der Waals surface area contributed by atoms with Crippen molar-refractivity contribution in [3.8, 4) is 0 Å². The highest BCUT2D eigenvalue weighted by molar-refractivity contribution is 5.92. The number of carbonyl (C=O) groups excluding carboxylic acids is 1. The van der Waals surface area contributed by atoms with Gasteiger partial charge in [-0.05, 0) is 43.4 Å². The molecule has 3 heteroatoms. The molecule has 1 aliphatic heterocycles. The Bertz CT molecular complexity index is 704. The third kappa shape index (κ3) is 2.89. The highest BCUT2D eigenvalue weighted by Crippen LogP contribution is 2.26. The van der Waals surface area contributed by atoms with Crippen LogP contribution in [0.25, 0.3) is 0 Å². The van der Waals surface area contributed by atoms with Crippen LogP contribution in [0.3, 0.4) is 0 Å². The Balaban J connectivity index is 1.82. The molecular weight excluding hydrogens is 279 g/mol. The van der Waals surface area contributed by atoms with Crippen molar-refractivity contribution >= 4 is 5.97 Å². The largest absolute Gasteiger partial charge is 0.459 e. The van der Waals surface area contributed by atoms with Gasteiger partial charge in [0.1, 0.15) is 11.9 Å². The molecule has 0 N–H and O–H groups in total. The normalized spacial score (nSPS) is 17.0. The van der Waals surface area contributed by atoms with E-state index in [-0.39, 0.29) is 11.7 Å². The van der Waals surface area contributed by atoms with Crippen molar-refractivity contribution in [2.45, 2.75) is 39.2 Å². The first-order valence-corrected chi connectivity index (χ1v) is 7.61. The summed E-state index contributed by atoms with van der Waals surface area (Å²) >= 11 is 0. The molecule has 0 bridgehead atoms. The predicted molar refractivity (Wildman–Crippen MR) is 83.6 cm³/mol. The fourth-order valence-corrected chi connectivity index (χ4v) is 2.87. The molecule has 0 aliphatic carbocycles. The van der Waals surface area contributed by atoms with Crippen molar-refractivity contribution in [3.05, 3.63) is 70.0 Å². The van der Waals surface area contributed by atoms with Crippen LogP contribution >= 0.6 is 0 Å². The van der Waals surface area contributed by atoms with E-state index in [1.54, 1.807) is 6.07 Å². The molecule has 114 valence electrons. The van der Waals surface area contributed by atoms with E-state index in [1.807, 2.05) is 19.9 Å². The zero-order chi connectivity index (χ0) is 15.7. The van der Waals surface area contributed by atoms with E-state index in [4.69, 9.17) is 4.74 Å². The van der Waals surface area contributed by atoms with Gasteiger partial charge in [0.15, 0.2) is 0 Å². The SMILES string of the molecule is Cc1ccc(CCc2ccc3c(c2F)C(=O)OC(C)C3)cc1. The maximum Gasteiger partial charge on any atom is 0.341 e. The summed E-state index contributed by atoms with van der Waals surface area (Å²) in [6.07, 6.45) is 1.72. The number of cyclic esters (lactones) is 1. The fraction of sp³-hybridized carbons (Fsp3) is 0.316. The number of ether oxygens (including phenoxy) is 1. The van der Waals surface area contributed by atoms with Crippen LogP contribution in [0.2, 0.25) is 0 Å². The molecule has 1 unspecified atom stereocenters. The molecule has 1 atom stereocenters. The minimum atomic E-state index is -0.538. The van der Waals surface area contributed by atoms with Crippen molar-refractivity contribution in [2.24, 2.45) is 0 Å². The Morgan fingerprint density at radius 1 is 1.14 bits per heavy atom. The summed E-state index contributed by atoms with van der Waals surface area (Å²) in [4.78, 5) is 11.9. The van der Waals surface area contributed by atoms with Crippen molar-refractivity contribution in [1.29, 1.82) is 0 Å². The van der Waals surface area contributed by atoms with Crippen molar-refractivity contribution in [1.82, 2.24) is 0 Å². The zero-order valence-electron chi connectivity index (χ0n) is 12.9. The van der Waals surface area contributed by atoms with Gasteiger partial charge in [-0.25, -0.2) is 9.18 Å². The maximum absolute atomic E-state index is 14.6. The van der Waals surface area contributed by atoms with Crippen LogP contribution in [0.15, 0.2) is 36.4 Å². The van der Waals surface area contributed by atoms with Gasteiger partial charge in [-0.2, -0.15) is 0 Å². The van der Waals surface area contributed by atoms with E-state index >= 15 is 0 Å². The van der Waals surface area contributed by atoms with E-state index < -0.39 is 11.8 Å². The quantitative estimate of drug-likeness (QED) is 0.800. The monoisotopic (exact) mass is 298 g/mol. The number of hydrogen-bond acceptors (Lipinski definition) is 2. The fourth-order valence-electron chi connectivity index (χ4n) is 2.87. The van der Waals surface area contributed by atoms with Gasteiger partial charge in [0, 0.05) is 6.42 Å². The average Bonchev–Trinajstić information content (AvgIpc) is 2.47. The summed E-state index contributed by atoms with van der Waals surface area (Å²) in [7, 11) is 0. The van der Waals surface area contributed by atoms with Crippen LogP contribution in [0.1, 0.15) is 39.5 Å². The van der Waals surface area contributed by atoms with Crippen molar-refractivity contribution in [2.75, 3.05) is 0 Å². The van der Waals surface area contributed by atoms with Gasteiger partial charge in [-0.15, -0.1) is 0 Å². The first kappa shape index (κ1) is 14.8. The van der Waals surface area contributed by atoms with E-state index in [2.05, 4.69) is 24.3 Å². The number of fused-ring (bicyclic) bond motifs is 1. The Morgan fingerprint density at radius 3 is 2.59 bits per heavy atom. The number of rotatable bonds is 3. The second-order valence-corrected chi connectivity index (χ2v) is 5.98. The van der Waals surface area contributed by atoms with Gasteiger partial charge in [-0.3, -0.25) is 0 Å². The Hall–Kier alpha value is -2.16. The maximum atomic E-state index is 14.6. The lowest BCUT2D eigenvalue weighted by Gasteiger charge is -2.22. The molecule has 0 aromatic heterocycles. The smallest absolute Gasteiger partial charge is 0.341 e. The molecule has 2 nitrogen and oxygen atoms in total. The lowest BCUT2D eigenvalue weighted by Crippen LogP contribution is -2.26. The molecule has 22 heavy (non-hydrogen) atoms. The molecule has 0 spiro atoms. The predicted octanol–water partition coefficient (Wildman–Crippen LogP) is 4.02. The summed E-state index contributed by atoms with van der Waals surface area (Å²) in [5.74, 6) is -0.954. The molecule has 0 amide bonds. The average molecular weight is 298 g/mol. The second kappa shape index (κ2) is 5.91. The van der Waals surface area contributed by atoms with Gasteiger partial charge in [0.25, 0.3) is 0 Å². The van der Waals surface area contributed by atoms with Crippen LogP contribution in [0, 0.1) is 12.7 Å². The molecule has 1 aliphatic rings. The summed E-state index contributed by atoms with van der Waals surface area (Å²) in [6.45, 7) is 3.86. The summed E-state index contributed by atoms with van der Waals surface area (Å²) < 4.78 is 19.7. The minimum absolute atomic E-state index is 0.125. The van der Waals surface area contributed by atoms with Crippen molar-refractivity contribution < 1.29 is 13.9 Å². The molecule has 2 aromatic rings. The molecule has 0 saturated carbocycles. The van der Waals surface area contributed by atoms with Gasteiger partial charge in [0.2, 0.25) is 0 Å². The topological polar surface area (TPSA) is 26.3 Å². The number of benzene rings is 2. The van der Waals surface area contributed by atoms with Crippen molar-refractivity contribution in [3.63, 3.8) is 0 Å². The number of hydrogen-bond donors (Lipinski definition) is 0. The highest BCUT2D eigenvalue weighted by Gasteiger charge is 2.28. The van der Waals surface area contributed by atoms with E-state index in [1.165, 1.54) is 11.1 Å². The summed E-state index contributed by atoms with van der Waals surface area (Å²) in [5, 5.41) is 0. The molecule has 0 fully saturated rings. The molecular formula is C19H19FO2. The second-order valence-electron chi connectivity index (χ2n) is 5.98. The van der Waals surface area contributed by atoms with E-state index in [0.29, 0.717) is 18.4 Å².